The SMILES string of the molecule is COc1ccc(C)cc1COC(=O)COc1ccccc1Cc1ccccc1. The highest BCUT2D eigenvalue weighted by atomic mass is 16.6. The van der Waals surface area contributed by atoms with Crippen LogP contribution in [0.15, 0.2) is 72.8 Å². The Morgan fingerprint density at radius 2 is 1.61 bits per heavy atom. The molecular formula is C24H24O4. The molecule has 0 spiro atoms. The summed E-state index contributed by atoms with van der Waals surface area (Å²) in [5.41, 5.74) is 4.13. The third-order valence-corrected chi connectivity index (χ3v) is 4.38. The number of carbonyl (C=O) groups is 1. The van der Waals surface area contributed by atoms with Crippen molar-refractivity contribution < 1.29 is 19.0 Å². The number of aryl methyl sites for hydroxylation is 1. The number of hydrogen-bond acceptors (Lipinski definition) is 4. The minimum absolute atomic E-state index is 0.139. The van der Waals surface area contributed by atoms with E-state index in [-0.39, 0.29) is 13.2 Å². The number of ether oxygens (including phenoxy) is 3. The molecule has 0 aromatic heterocycles. The molecule has 0 saturated carbocycles. The molecule has 0 aliphatic carbocycles. The fraction of sp³-hybridized carbons (Fsp3) is 0.208. The number of carbonyl (C=O) groups excluding carboxylic acids is 1. The highest BCUT2D eigenvalue weighted by Crippen LogP contribution is 2.22. The molecule has 0 N–H and O–H groups in total. The van der Waals surface area contributed by atoms with E-state index in [1.807, 2.05) is 67.6 Å². The topological polar surface area (TPSA) is 44.8 Å². The first-order valence-corrected chi connectivity index (χ1v) is 9.19. The van der Waals surface area contributed by atoms with Crippen molar-refractivity contribution in [3.63, 3.8) is 0 Å². The van der Waals surface area contributed by atoms with Crippen molar-refractivity contribution in [2.45, 2.75) is 20.0 Å². The molecular weight excluding hydrogens is 352 g/mol. The maximum absolute atomic E-state index is 12.2. The van der Waals surface area contributed by atoms with E-state index in [4.69, 9.17) is 14.2 Å². The van der Waals surface area contributed by atoms with Crippen LogP contribution >= 0.6 is 0 Å². The van der Waals surface area contributed by atoms with Gasteiger partial charge in [-0.1, -0.05) is 60.2 Å². The molecule has 0 saturated heterocycles. The summed E-state index contributed by atoms with van der Waals surface area (Å²) in [6.07, 6.45) is 0.743. The first-order chi connectivity index (χ1) is 13.7. The fourth-order valence-electron chi connectivity index (χ4n) is 2.96. The first kappa shape index (κ1) is 19.5. The zero-order valence-electron chi connectivity index (χ0n) is 16.2. The summed E-state index contributed by atoms with van der Waals surface area (Å²) in [5.74, 6) is 0.974. The molecule has 0 heterocycles. The number of rotatable bonds is 8. The number of methoxy groups -OCH3 is 1. The lowest BCUT2D eigenvalue weighted by molar-refractivity contribution is -0.147. The van der Waals surface area contributed by atoms with Gasteiger partial charge in [0.05, 0.1) is 7.11 Å². The predicted octanol–water partition coefficient (Wildman–Crippen LogP) is 4.72. The molecule has 3 aromatic carbocycles. The van der Waals surface area contributed by atoms with Gasteiger partial charge in [-0.05, 0) is 36.2 Å². The van der Waals surface area contributed by atoms with E-state index >= 15 is 0 Å². The average molecular weight is 376 g/mol. The van der Waals surface area contributed by atoms with Gasteiger partial charge in [0.2, 0.25) is 0 Å². The van der Waals surface area contributed by atoms with Crippen LogP contribution in [0.2, 0.25) is 0 Å². The Balaban J connectivity index is 1.57. The minimum atomic E-state index is -0.418. The molecule has 0 aliphatic rings. The minimum Gasteiger partial charge on any atom is -0.496 e. The van der Waals surface area contributed by atoms with E-state index in [9.17, 15) is 4.79 Å². The van der Waals surface area contributed by atoms with Crippen LogP contribution in [0.4, 0.5) is 0 Å². The molecule has 4 nitrogen and oxygen atoms in total. The third-order valence-electron chi connectivity index (χ3n) is 4.38. The molecule has 0 amide bonds. The second-order valence-electron chi connectivity index (χ2n) is 6.53. The number of hydrogen-bond donors (Lipinski definition) is 0. The molecule has 3 rings (SSSR count). The summed E-state index contributed by atoms with van der Waals surface area (Å²) in [5, 5.41) is 0. The van der Waals surface area contributed by atoms with E-state index in [1.165, 1.54) is 5.56 Å². The smallest absolute Gasteiger partial charge is 0.344 e. The van der Waals surface area contributed by atoms with Gasteiger partial charge in [-0.15, -0.1) is 0 Å². The second-order valence-corrected chi connectivity index (χ2v) is 6.53. The Morgan fingerprint density at radius 3 is 2.39 bits per heavy atom. The van der Waals surface area contributed by atoms with Gasteiger partial charge in [0.25, 0.3) is 0 Å². The van der Waals surface area contributed by atoms with Crippen molar-refractivity contribution in [1.82, 2.24) is 0 Å². The van der Waals surface area contributed by atoms with Crippen LogP contribution in [0, 0.1) is 6.92 Å². The summed E-state index contributed by atoms with van der Waals surface area (Å²) >= 11 is 0. The van der Waals surface area contributed by atoms with Crippen molar-refractivity contribution >= 4 is 5.97 Å². The van der Waals surface area contributed by atoms with Crippen molar-refractivity contribution in [2.75, 3.05) is 13.7 Å². The van der Waals surface area contributed by atoms with Crippen molar-refractivity contribution in [3.05, 3.63) is 95.1 Å². The van der Waals surface area contributed by atoms with Crippen molar-refractivity contribution in [2.24, 2.45) is 0 Å². The molecule has 4 heteroatoms. The molecule has 0 aliphatic heterocycles. The zero-order valence-corrected chi connectivity index (χ0v) is 16.2. The maximum atomic E-state index is 12.2. The fourth-order valence-corrected chi connectivity index (χ4v) is 2.96. The lowest BCUT2D eigenvalue weighted by Gasteiger charge is -2.13. The molecule has 0 fully saturated rings. The lowest BCUT2D eigenvalue weighted by atomic mass is 10.0. The van der Waals surface area contributed by atoms with Gasteiger partial charge < -0.3 is 14.2 Å². The van der Waals surface area contributed by atoms with E-state index in [0.29, 0.717) is 11.5 Å². The van der Waals surface area contributed by atoms with Crippen LogP contribution in [0.3, 0.4) is 0 Å². The van der Waals surface area contributed by atoms with E-state index in [2.05, 4.69) is 12.1 Å². The monoisotopic (exact) mass is 376 g/mol. The zero-order chi connectivity index (χ0) is 19.8. The Morgan fingerprint density at radius 1 is 0.857 bits per heavy atom. The largest absolute Gasteiger partial charge is 0.496 e. The second kappa shape index (κ2) is 9.60. The Labute approximate surface area is 165 Å². The number of para-hydroxylation sites is 1. The summed E-state index contributed by atoms with van der Waals surface area (Å²) < 4.78 is 16.4. The molecule has 0 unspecified atom stereocenters. The van der Waals surface area contributed by atoms with Gasteiger partial charge >= 0.3 is 5.97 Å². The molecule has 28 heavy (non-hydrogen) atoms. The van der Waals surface area contributed by atoms with Crippen LogP contribution in [0.5, 0.6) is 11.5 Å². The number of esters is 1. The summed E-state index contributed by atoms with van der Waals surface area (Å²) in [6, 6.07) is 23.7. The van der Waals surface area contributed by atoms with Crippen LogP contribution in [0.1, 0.15) is 22.3 Å². The van der Waals surface area contributed by atoms with E-state index in [0.717, 1.165) is 23.1 Å². The van der Waals surface area contributed by atoms with Crippen LogP contribution in [0.25, 0.3) is 0 Å². The van der Waals surface area contributed by atoms with Gasteiger partial charge in [-0.25, -0.2) is 4.79 Å². The molecule has 3 aromatic rings. The van der Waals surface area contributed by atoms with E-state index in [1.54, 1.807) is 7.11 Å². The van der Waals surface area contributed by atoms with Crippen molar-refractivity contribution in [1.29, 1.82) is 0 Å². The quantitative estimate of drug-likeness (QED) is 0.534. The predicted molar refractivity (Wildman–Crippen MR) is 109 cm³/mol. The van der Waals surface area contributed by atoms with Gasteiger partial charge in [-0.3, -0.25) is 0 Å². The number of benzene rings is 3. The van der Waals surface area contributed by atoms with Gasteiger partial charge in [0, 0.05) is 12.0 Å². The average Bonchev–Trinajstić information content (AvgIpc) is 2.72. The Bertz CT molecular complexity index is 919. The molecule has 144 valence electrons. The first-order valence-electron chi connectivity index (χ1n) is 9.19. The highest BCUT2D eigenvalue weighted by Gasteiger charge is 2.10. The highest BCUT2D eigenvalue weighted by molar-refractivity contribution is 5.71. The van der Waals surface area contributed by atoms with Crippen molar-refractivity contribution in [3.8, 4) is 11.5 Å². The Kier molecular flexibility index (Phi) is 6.68. The normalized spacial score (nSPS) is 10.4. The standard InChI is InChI=1S/C24H24O4/c1-18-12-13-22(26-2)21(14-18)16-28-24(25)17-27-23-11-7-6-10-20(23)15-19-8-4-3-5-9-19/h3-14H,15-17H2,1-2H3. The van der Waals surface area contributed by atoms with Gasteiger partial charge in [0.15, 0.2) is 6.61 Å². The lowest BCUT2D eigenvalue weighted by Crippen LogP contribution is -2.15. The summed E-state index contributed by atoms with van der Waals surface area (Å²) in [4.78, 5) is 12.2. The molecule has 0 bridgehead atoms. The third kappa shape index (κ3) is 5.36. The summed E-state index contributed by atoms with van der Waals surface area (Å²) in [7, 11) is 1.60. The Hall–Kier alpha value is -3.27. The molecule has 0 radical (unpaired) electrons. The summed E-state index contributed by atoms with van der Waals surface area (Å²) in [6.45, 7) is 2.00. The van der Waals surface area contributed by atoms with E-state index < -0.39 is 5.97 Å². The molecule has 0 atom stereocenters. The van der Waals surface area contributed by atoms with Crippen LogP contribution < -0.4 is 9.47 Å². The van der Waals surface area contributed by atoms with Gasteiger partial charge in [0.1, 0.15) is 18.1 Å². The van der Waals surface area contributed by atoms with Crippen LogP contribution in [-0.2, 0) is 22.6 Å². The van der Waals surface area contributed by atoms with Crippen LogP contribution in [-0.4, -0.2) is 19.7 Å². The maximum Gasteiger partial charge on any atom is 0.344 e. The van der Waals surface area contributed by atoms with Gasteiger partial charge in [-0.2, -0.15) is 0 Å².